The van der Waals surface area contributed by atoms with Crippen LogP contribution in [-0.4, -0.2) is 41.2 Å². The first kappa shape index (κ1) is 15.8. The molecule has 3 N–H and O–H groups in total. The van der Waals surface area contributed by atoms with Crippen molar-refractivity contribution in [2.75, 3.05) is 13.1 Å². The molecule has 0 aromatic carbocycles. The maximum atomic E-state index is 14.2. The number of pyridine rings is 1. The molecule has 116 valence electrons. The van der Waals surface area contributed by atoms with Crippen LogP contribution in [0.25, 0.3) is 0 Å². The fourth-order valence-electron chi connectivity index (χ4n) is 2.63. The number of carbonyl (C=O) groups excluding carboxylic acids is 1. The zero-order valence-electron chi connectivity index (χ0n) is 11.8. The topological polar surface area (TPSA) is 79.2 Å². The van der Waals surface area contributed by atoms with Crippen molar-refractivity contribution in [3.05, 3.63) is 33.7 Å². The first-order valence-electron chi connectivity index (χ1n) is 6.87. The number of aldehydes is 1. The van der Waals surface area contributed by atoms with Crippen LogP contribution >= 0.6 is 0 Å². The molecule has 1 saturated heterocycles. The number of nitrogens with zero attached hydrogens (tertiary/aromatic N) is 1. The summed E-state index contributed by atoms with van der Waals surface area (Å²) in [6, 6.07) is 1.03. The average molecular weight is 299 g/mol. The maximum Gasteiger partial charge on any atom is 0.257 e. The molecule has 0 saturated carbocycles. The molecule has 2 atom stereocenters. The van der Waals surface area contributed by atoms with E-state index in [-0.39, 0.29) is 37.2 Å². The summed E-state index contributed by atoms with van der Waals surface area (Å²) in [4.78, 5) is 26.5. The van der Waals surface area contributed by atoms with E-state index in [1.807, 2.05) is 0 Å². The molecule has 0 amide bonds. The number of likely N-dealkylation sites (tertiary alicyclic amines) is 1. The molecule has 1 aromatic heterocycles. The van der Waals surface area contributed by atoms with Crippen LogP contribution in [0, 0.1) is 0 Å². The number of halogens is 2. The Hall–Kier alpha value is -1.60. The number of nitrogens with one attached hydrogen (secondary N) is 1. The number of rotatable bonds is 4. The van der Waals surface area contributed by atoms with E-state index in [0.717, 1.165) is 6.29 Å². The standard InChI is InChI=1S/C14H19F2N3O2/c1-9(8-20)19-3-2-14(15,16)12(7-19)11-4-10(5-17)13(21)18-6-11/h4,6,8-9,12H,2-3,5,7,17H2,1H3,(H,18,21). The lowest BCUT2D eigenvalue weighted by Crippen LogP contribution is -2.49. The highest BCUT2D eigenvalue weighted by atomic mass is 19.3. The summed E-state index contributed by atoms with van der Waals surface area (Å²) < 4.78 is 28.4. The first-order chi connectivity index (χ1) is 9.89. The molecule has 2 unspecified atom stereocenters. The summed E-state index contributed by atoms with van der Waals surface area (Å²) in [6.07, 6.45) is 1.75. The Bertz CT molecular complexity index is 574. The van der Waals surface area contributed by atoms with Crippen LogP contribution in [0.4, 0.5) is 8.78 Å². The van der Waals surface area contributed by atoms with Gasteiger partial charge in [-0.25, -0.2) is 8.78 Å². The van der Waals surface area contributed by atoms with Crippen LogP contribution in [-0.2, 0) is 11.3 Å². The molecule has 1 aromatic rings. The molecular weight excluding hydrogens is 280 g/mol. The Morgan fingerprint density at radius 3 is 2.95 bits per heavy atom. The minimum Gasteiger partial charge on any atom is -0.329 e. The number of aromatic nitrogens is 1. The van der Waals surface area contributed by atoms with Gasteiger partial charge in [0, 0.05) is 37.8 Å². The normalized spacial score (nSPS) is 23.7. The van der Waals surface area contributed by atoms with Gasteiger partial charge in [-0.3, -0.25) is 9.69 Å². The van der Waals surface area contributed by atoms with E-state index in [1.54, 1.807) is 11.8 Å². The van der Waals surface area contributed by atoms with E-state index in [2.05, 4.69) is 4.98 Å². The molecule has 1 fully saturated rings. The molecule has 21 heavy (non-hydrogen) atoms. The molecule has 1 aliphatic rings. The largest absolute Gasteiger partial charge is 0.329 e. The van der Waals surface area contributed by atoms with Crippen molar-refractivity contribution in [1.82, 2.24) is 9.88 Å². The Kier molecular flexibility index (Phi) is 4.53. The quantitative estimate of drug-likeness (QED) is 0.808. The molecule has 0 radical (unpaired) electrons. The van der Waals surface area contributed by atoms with Crippen molar-refractivity contribution >= 4 is 6.29 Å². The van der Waals surface area contributed by atoms with Crippen molar-refractivity contribution in [3.8, 4) is 0 Å². The van der Waals surface area contributed by atoms with Crippen molar-refractivity contribution in [2.45, 2.75) is 37.8 Å². The summed E-state index contributed by atoms with van der Waals surface area (Å²) in [5.74, 6) is -3.93. The third kappa shape index (κ3) is 3.19. The van der Waals surface area contributed by atoms with Crippen molar-refractivity contribution in [2.24, 2.45) is 5.73 Å². The summed E-state index contributed by atoms with van der Waals surface area (Å²) in [5, 5.41) is 0. The molecule has 5 nitrogen and oxygen atoms in total. The minimum atomic E-state index is -2.87. The van der Waals surface area contributed by atoms with Gasteiger partial charge in [0.2, 0.25) is 0 Å². The number of alkyl halides is 2. The molecular formula is C14H19F2N3O2. The second kappa shape index (κ2) is 6.03. The minimum absolute atomic E-state index is 0.00405. The molecule has 0 aliphatic carbocycles. The van der Waals surface area contributed by atoms with E-state index >= 15 is 0 Å². The van der Waals surface area contributed by atoms with Crippen LogP contribution in [0.3, 0.4) is 0 Å². The van der Waals surface area contributed by atoms with Gasteiger partial charge in [0.15, 0.2) is 0 Å². The number of hydrogen-bond donors (Lipinski definition) is 2. The Morgan fingerprint density at radius 2 is 2.33 bits per heavy atom. The lowest BCUT2D eigenvalue weighted by molar-refractivity contribution is -0.117. The van der Waals surface area contributed by atoms with Crippen molar-refractivity contribution in [1.29, 1.82) is 0 Å². The van der Waals surface area contributed by atoms with E-state index in [9.17, 15) is 18.4 Å². The van der Waals surface area contributed by atoms with Crippen molar-refractivity contribution in [3.63, 3.8) is 0 Å². The SMILES string of the molecule is CC(C=O)N1CCC(F)(F)C(c2c[nH]c(=O)c(CN)c2)C1. The van der Waals surface area contributed by atoms with Gasteiger partial charge in [0.1, 0.15) is 6.29 Å². The van der Waals surface area contributed by atoms with Gasteiger partial charge >= 0.3 is 0 Å². The van der Waals surface area contributed by atoms with Gasteiger partial charge < -0.3 is 15.5 Å². The van der Waals surface area contributed by atoms with E-state index in [1.165, 1.54) is 12.3 Å². The van der Waals surface area contributed by atoms with E-state index in [4.69, 9.17) is 5.73 Å². The first-order valence-corrected chi connectivity index (χ1v) is 6.87. The van der Waals surface area contributed by atoms with E-state index in [0.29, 0.717) is 5.56 Å². The molecule has 2 rings (SSSR count). The zero-order valence-corrected chi connectivity index (χ0v) is 11.8. The van der Waals surface area contributed by atoms with Gasteiger partial charge in [-0.15, -0.1) is 0 Å². The molecule has 7 heteroatoms. The molecule has 0 spiro atoms. The summed E-state index contributed by atoms with van der Waals surface area (Å²) in [6.45, 7) is 1.93. The molecule has 1 aliphatic heterocycles. The van der Waals surface area contributed by atoms with Gasteiger partial charge in [0.05, 0.1) is 12.0 Å². The van der Waals surface area contributed by atoms with Gasteiger partial charge in [-0.2, -0.15) is 0 Å². The van der Waals surface area contributed by atoms with Crippen LogP contribution < -0.4 is 11.3 Å². The van der Waals surface area contributed by atoms with Crippen molar-refractivity contribution < 1.29 is 13.6 Å². The Labute approximate surface area is 121 Å². The number of carbonyl (C=O) groups is 1. The highest BCUT2D eigenvalue weighted by Crippen LogP contribution is 2.40. The van der Waals surface area contributed by atoms with Gasteiger partial charge in [0.25, 0.3) is 11.5 Å². The lowest BCUT2D eigenvalue weighted by Gasteiger charge is -2.40. The average Bonchev–Trinajstić information content (AvgIpc) is 2.47. The third-order valence-corrected chi connectivity index (χ3v) is 4.06. The fraction of sp³-hybridized carbons (Fsp3) is 0.571. The fourth-order valence-corrected chi connectivity index (χ4v) is 2.63. The maximum absolute atomic E-state index is 14.2. The van der Waals surface area contributed by atoms with Crippen LogP contribution in [0.2, 0.25) is 0 Å². The Balaban J connectivity index is 2.33. The highest BCUT2D eigenvalue weighted by molar-refractivity contribution is 5.56. The van der Waals surface area contributed by atoms with E-state index < -0.39 is 17.9 Å². The monoisotopic (exact) mass is 299 g/mol. The van der Waals surface area contributed by atoms with Crippen LogP contribution in [0.1, 0.15) is 30.4 Å². The van der Waals surface area contributed by atoms with Crippen LogP contribution in [0.15, 0.2) is 17.1 Å². The second-order valence-electron chi connectivity index (χ2n) is 5.43. The number of piperidine rings is 1. The summed E-state index contributed by atoms with van der Waals surface area (Å²) >= 11 is 0. The predicted octanol–water partition coefficient (Wildman–Crippen LogP) is 0.846. The number of aromatic amines is 1. The zero-order chi connectivity index (χ0) is 15.6. The predicted molar refractivity (Wildman–Crippen MR) is 74.4 cm³/mol. The summed E-state index contributed by atoms with van der Waals surface area (Å²) in [5.41, 5.74) is 5.72. The summed E-state index contributed by atoms with van der Waals surface area (Å²) in [7, 11) is 0. The smallest absolute Gasteiger partial charge is 0.257 e. The second-order valence-corrected chi connectivity index (χ2v) is 5.43. The van der Waals surface area contributed by atoms with Crippen LogP contribution in [0.5, 0.6) is 0 Å². The van der Waals surface area contributed by atoms with Gasteiger partial charge in [-0.05, 0) is 18.6 Å². The van der Waals surface area contributed by atoms with Gasteiger partial charge in [-0.1, -0.05) is 0 Å². The molecule has 2 heterocycles. The number of hydrogen-bond acceptors (Lipinski definition) is 4. The Morgan fingerprint density at radius 1 is 1.62 bits per heavy atom. The highest BCUT2D eigenvalue weighted by Gasteiger charge is 2.45. The lowest BCUT2D eigenvalue weighted by atomic mass is 9.86. The number of nitrogens with two attached hydrogens (primary N) is 1. The number of H-pyrrole nitrogens is 1. The third-order valence-electron chi connectivity index (χ3n) is 4.06. The molecule has 0 bridgehead atoms.